The Bertz CT molecular complexity index is 744. The van der Waals surface area contributed by atoms with E-state index in [1.54, 1.807) is 48.3 Å². The minimum atomic E-state index is -0.133. The second kappa shape index (κ2) is 6.60. The molecule has 3 rings (SSSR count). The van der Waals surface area contributed by atoms with Crippen molar-refractivity contribution in [3.05, 3.63) is 60.2 Å². The summed E-state index contributed by atoms with van der Waals surface area (Å²) >= 11 is 0. The first-order valence-corrected chi connectivity index (χ1v) is 7.72. The molecule has 0 saturated heterocycles. The molecule has 2 aromatic rings. The highest BCUT2D eigenvalue weighted by atomic mass is 16.1. The van der Waals surface area contributed by atoms with E-state index in [1.807, 2.05) is 0 Å². The van der Waals surface area contributed by atoms with Gasteiger partial charge in [-0.15, -0.1) is 0 Å². The lowest BCUT2D eigenvalue weighted by Crippen LogP contribution is -2.15. The first-order valence-electron chi connectivity index (χ1n) is 7.72. The zero-order chi connectivity index (χ0) is 16.2. The second-order valence-electron chi connectivity index (χ2n) is 5.79. The van der Waals surface area contributed by atoms with Crippen LogP contribution < -0.4 is 5.32 Å². The van der Waals surface area contributed by atoms with Gasteiger partial charge in [0, 0.05) is 37.1 Å². The third kappa shape index (κ3) is 3.56. The topological polar surface area (TPSA) is 64.0 Å². The number of aryl methyl sites for hydroxylation is 1. The molecule has 0 aliphatic heterocycles. The van der Waals surface area contributed by atoms with Crippen LogP contribution in [0.5, 0.6) is 0 Å². The van der Waals surface area contributed by atoms with Crippen LogP contribution in [0.3, 0.4) is 0 Å². The number of imidazole rings is 1. The molecule has 118 valence electrons. The first-order chi connectivity index (χ1) is 11.1. The molecule has 5 nitrogen and oxygen atoms in total. The molecular weight excluding hydrogens is 290 g/mol. The van der Waals surface area contributed by atoms with Gasteiger partial charge in [0.15, 0.2) is 5.82 Å². The van der Waals surface area contributed by atoms with Gasteiger partial charge < -0.3 is 9.88 Å². The van der Waals surface area contributed by atoms with E-state index in [4.69, 9.17) is 0 Å². The highest BCUT2D eigenvalue weighted by molar-refractivity contribution is 6.07. The van der Waals surface area contributed by atoms with Crippen LogP contribution in [0.2, 0.25) is 0 Å². The molecule has 1 atom stereocenters. The van der Waals surface area contributed by atoms with Crippen molar-refractivity contribution >= 4 is 17.4 Å². The van der Waals surface area contributed by atoms with Gasteiger partial charge >= 0.3 is 0 Å². The Morgan fingerprint density at radius 3 is 2.70 bits per heavy atom. The van der Waals surface area contributed by atoms with Crippen molar-refractivity contribution in [1.82, 2.24) is 9.55 Å². The average molecular weight is 309 g/mol. The quantitative estimate of drug-likeness (QED) is 0.682. The second-order valence-corrected chi connectivity index (χ2v) is 5.79. The first kappa shape index (κ1) is 15.2. The Morgan fingerprint density at radius 2 is 2.09 bits per heavy atom. The number of anilines is 1. The van der Waals surface area contributed by atoms with Crippen LogP contribution in [0.15, 0.2) is 48.8 Å². The average Bonchev–Trinajstić information content (AvgIpc) is 3.19. The number of hydrogen-bond acceptors (Lipinski definition) is 3. The molecule has 1 amide bonds. The summed E-state index contributed by atoms with van der Waals surface area (Å²) in [6.45, 7) is 0. The fraction of sp³-hybridized carbons (Fsp3) is 0.278. The lowest BCUT2D eigenvalue weighted by molar-refractivity contribution is -0.116. The largest absolute Gasteiger partial charge is 0.331 e. The summed E-state index contributed by atoms with van der Waals surface area (Å²) in [7, 11) is 1.78. The Labute approximate surface area is 135 Å². The van der Waals surface area contributed by atoms with Gasteiger partial charge in [-0.3, -0.25) is 9.59 Å². The summed E-state index contributed by atoms with van der Waals surface area (Å²) in [5.41, 5.74) is 1.25. The molecule has 1 aromatic carbocycles. The Hall–Kier alpha value is -2.69. The number of rotatable bonds is 5. The third-order valence-corrected chi connectivity index (χ3v) is 4.02. The number of benzene rings is 1. The van der Waals surface area contributed by atoms with Gasteiger partial charge in [0.1, 0.15) is 0 Å². The van der Waals surface area contributed by atoms with Gasteiger partial charge in [0.25, 0.3) is 0 Å². The monoisotopic (exact) mass is 309 g/mol. The Morgan fingerprint density at radius 1 is 1.30 bits per heavy atom. The number of allylic oxidation sites excluding steroid dienone is 2. The van der Waals surface area contributed by atoms with E-state index < -0.39 is 0 Å². The number of ketones is 1. The van der Waals surface area contributed by atoms with Crippen molar-refractivity contribution in [3.8, 4) is 0 Å². The van der Waals surface area contributed by atoms with Crippen molar-refractivity contribution in [1.29, 1.82) is 0 Å². The van der Waals surface area contributed by atoms with Crippen LogP contribution in [0.4, 0.5) is 5.69 Å². The summed E-state index contributed by atoms with van der Waals surface area (Å²) in [5, 5.41) is 2.88. The number of nitrogens with zero attached hydrogens (tertiary/aromatic N) is 2. The number of carbonyl (C=O) groups is 2. The van der Waals surface area contributed by atoms with Gasteiger partial charge in [-0.1, -0.05) is 12.2 Å². The third-order valence-electron chi connectivity index (χ3n) is 4.02. The molecule has 0 radical (unpaired) electrons. The van der Waals surface area contributed by atoms with E-state index in [9.17, 15) is 9.59 Å². The lowest BCUT2D eigenvalue weighted by atomic mass is 10.0. The summed E-state index contributed by atoms with van der Waals surface area (Å²) in [6.07, 6.45) is 10.2. The molecule has 23 heavy (non-hydrogen) atoms. The van der Waals surface area contributed by atoms with Crippen molar-refractivity contribution < 1.29 is 9.59 Å². The van der Waals surface area contributed by atoms with Crippen molar-refractivity contribution in [2.24, 2.45) is 13.0 Å². The summed E-state index contributed by atoms with van der Waals surface area (Å²) < 4.78 is 1.69. The van der Waals surface area contributed by atoms with Gasteiger partial charge in [-0.25, -0.2) is 4.98 Å². The zero-order valence-electron chi connectivity index (χ0n) is 13.0. The predicted octanol–water partition coefficient (Wildman–Crippen LogP) is 2.95. The lowest BCUT2D eigenvalue weighted by Gasteiger charge is -2.09. The van der Waals surface area contributed by atoms with Crippen molar-refractivity contribution in [2.45, 2.75) is 19.3 Å². The molecule has 0 saturated carbocycles. The molecule has 1 aliphatic carbocycles. The predicted molar refractivity (Wildman–Crippen MR) is 88.2 cm³/mol. The molecule has 0 fully saturated rings. The smallest absolute Gasteiger partial charge is 0.228 e. The van der Waals surface area contributed by atoms with E-state index in [1.165, 1.54) is 0 Å². The van der Waals surface area contributed by atoms with Gasteiger partial charge in [0.2, 0.25) is 11.7 Å². The van der Waals surface area contributed by atoms with Gasteiger partial charge in [0.05, 0.1) is 0 Å². The number of amides is 1. The molecule has 0 bridgehead atoms. The van der Waals surface area contributed by atoms with E-state index in [2.05, 4.69) is 22.5 Å². The molecule has 0 unspecified atom stereocenters. The molecule has 1 aliphatic rings. The van der Waals surface area contributed by atoms with Crippen LogP contribution in [0.1, 0.15) is 35.4 Å². The number of nitrogens with one attached hydrogen (secondary N) is 1. The SMILES string of the molecule is Cn1ccnc1C(=O)c1ccc(NC(=O)C[C@@H]2C=CCC2)cc1. The standard InChI is InChI=1S/C18H19N3O2/c1-21-11-10-19-18(21)17(23)14-6-8-15(9-7-14)20-16(22)12-13-4-2-3-5-13/h2,4,6-11,13H,3,5,12H2,1H3,(H,20,22)/t13-/m1/s1. The van der Waals surface area contributed by atoms with E-state index in [0.717, 1.165) is 12.8 Å². The molecule has 0 spiro atoms. The summed E-state index contributed by atoms with van der Waals surface area (Å²) in [4.78, 5) is 28.4. The summed E-state index contributed by atoms with van der Waals surface area (Å²) in [6, 6.07) is 6.92. The number of aromatic nitrogens is 2. The van der Waals surface area contributed by atoms with E-state index >= 15 is 0 Å². The van der Waals surface area contributed by atoms with E-state index in [-0.39, 0.29) is 11.7 Å². The van der Waals surface area contributed by atoms with Crippen molar-refractivity contribution in [2.75, 3.05) is 5.32 Å². The summed E-state index contributed by atoms with van der Waals surface area (Å²) in [5.74, 6) is 0.616. The Kier molecular flexibility index (Phi) is 4.37. The zero-order valence-corrected chi connectivity index (χ0v) is 13.0. The van der Waals surface area contributed by atoms with Crippen LogP contribution in [0.25, 0.3) is 0 Å². The molecule has 1 aromatic heterocycles. The maximum atomic E-state index is 12.3. The molecule has 1 N–H and O–H groups in total. The van der Waals surface area contributed by atoms with Crippen LogP contribution in [0, 0.1) is 5.92 Å². The highest BCUT2D eigenvalue weighted by Crippen LogP contribution is 2.21. The minimum Gasteiger partial charge on any atom is -0.331 e. The van der Waals surface area contributed by atoms with Crippen molar-refractivity contribution in [3.63, 3.8) is 0 Å². The van der Waals surface area contributed by atoms with Gasteiger partial charge in [-0.2, -0.15) is 0 Å². The highest BCUT2D eigenvalue weighted by Gasteiger charge is 2.15. The van der Waals surface area contributed by atoms with Gasteiger partial charge in [-0.05, 0) is 43.0 Å². The van der Waals surface area contributed by atoms with Crippen LogP contribution in [-0.4, -0.2) is 21.2 Å². The molecular formula is C18H19N3O2. The normalized spacial score (nSPS) is 16.5. The van der Waals surface area contributed by atoms with Crippen LogP contribution >= 0.6 is 0 Å². The fourth-order valence-corrected chi connectivity index (χ4v) is 2.73. The molecule has 5 heteroatoms. The minimum absolute atomic E-state index is 0.00438. The fourth-order valence-electron chi connectivity index (χ4n) is 2.73. The number of hydrogen-bond donors (Lipinski definition) is 1. The maximum Gasteiger partial charge on any atom is 0.228 e. The van der Waals surface area contributed by atoms with Crippen LogP contribution in [-0.2, 0) is 11.8 Å². The molecule has 1 heterocycles. The van der Waals surface area contributed by atoms with E-state index in [0.29, 0.717) is 29.4 Å². The Balaban J connectivity index is 1.63. The number of carbonyl (C=O) groups excluding carboxylic acids is 2. The maximum absolute atomic E-state index is 12.3.